The topological polar surface area (TPSA) is 88.4 Å². The third kappa shape index (κ3) is 4.30. The van der Waals surface area contributed by atoms with Crippen molar-refractivity contribution in [1.82, 2.24) is 19.9 Å². The summed E-state index contributed by atoms with van der Waals surface area (Å²) in [6.07, 6.45) is 0.469. The number of carbonyl (C=O) groups excluding carboxylic acids is 2. The Morgan fingerprint density at radius 1 is 1.07 bits per heavy atom. The van der Waals surface area contributed by atoms with E-state index in [1.54, 1.807) is 40.9 Å². The van der Waals surface area contributed by atoms with Crippen molar-refractivity contribution in [3.63, 3.8) is 0 Å². The molecular formula is C20H16FN5O2S. The fourth-order valence-corrected chi connectivity index (χ4v) is 3.60. The molecule has 2 aromatic heterocycles. The van der Waals surface area contributed by atoms with Gasteiger partial charge in [-0.1, -0.05) is 30.3 Å². The van der Waals surface area contributed by atoms with Gasteiger partial charge in [-0.2, -0.15) is 4.98 Å². The van der Waals surface area contributed by atoms with Crippen molar-refractivity contribution >= 4 is 33.8 Å². The van der Waals surface area contributed by atoms with Gasteiger partial charge in [0, 0.05) is 29.6 Å². The number of nitrogens with one attached hydrogen (secondary N) is 2. The van der Waals surface area contributed by atoms with E-state index in [0.29, 0.717) is 28.5 Å². The van der Waals surface area contributed by atoms with Crippen molar-refractivity contribution in [3.05, 3.63) is 71.5 Å². The predicted octanol–water partition coefficient (Wildman–Crippen LogP) is 2.89. The normalized spacial score (nSPS) is 10.8. The number of benzene rings is 2. The summed E-state index contributed by atoms with van der Waals surface area (Å²) < 4.78 is 15.1. The molecule has 9 heteroatoms. The van der Waals surface area contributed by atoms with E-state index in [1.165, 1.54) is 23.5 Å². The number of rotatable bonds is 5. The van der Waals surface area contributed by atoms with Crippen LogP contribution in [0.1, 0.15) is 5.69 Å². The summed E-state index contributed by atoms with van der Waals surface area (Å²) in [5.74, 6) is -1.35. The lowest BCUT2D eigenvalue weighted by Crippen LogP contribution is -2.36. The highest BCUT2D eigenvalue weighted by atomic mass is 32.1. The van der Waals surface area contributed by atoms with E-state index >= 15 is 0 Å². The number of aromatic nitrogens is 3. The van der Waals surface area contributed by atoms with Crippen LogP contribution >= 0.6 is 11.3 Å². The van der Waals surface area contributed by atoms with Gasteiger partial charge in [0.05, 0.1) is 5.69 Å². The predicted molar refractivity (Wildman–Crippen MR) is 108 cm³/mol. The van der Waals surface area contributed by atoms with Crippen molar-refractivity contribution in [2.24, 2.45) is 0 Å². The number of carbonyl (C=O) groups is 2. The standard InChI is InChI=1S/C20H16FN5O2S/c21-14-6-4-5-13(11-14)17-24-20-26(25-17)16(12-29-20)9-10-22-18(27)19(28)23-15-7-2-1-3-8-15/h1-8,11-12H,9-10H2,(H,22,27)(H,23,28). The van der Waals surface area contributed by atoms with Gasteiger partial charge in [0.2, 0.25) is 4.96 Å². The minimum absolute atomic E-state index is 0.266. The highest BCUT2D eigenvalue weighted by Gasteiger charge is 2.15. The zero-order chi connectivity index (χ0) is 20.2. The number of para-hydroxylation sites is 1. The van der Waals surface area contributed by atoms with Crippen molar-refractivity contribution in [2.45, 2.75) is 6.42 Å². The van der Waals surface area contributed by atoms with Crippen LogP contribution in [0.25, 0.3) is 16.3 Å². The van der Waals surface area contributed by atoms with Crippen molar-refractivity contribution < 1.29 is 14.0 Å². The van der Waals surface area contributed by atoms with Gasteiger partial charge in [-0.3, -0.25) is 9.59 Å². The van der Waals surface area contributed by atoms with E-state index in [4.69, 9.17) is 0 Å². The van der Waals surface area contributed by atoms with E-state index in [-0.39, 0.29) is 12.4 Å². The summed E-state index contributed by atoms with van der Waals surface area (Å²) >= 11 is 1.40. The lowest BCUT2D eigenvalue weighted by molar-refractivity contribution is -0.136. The van der Waals surface area contributed by atoms with E-state index in [9.17, 15) is 14.0 Å². The van der Waals surface area contributed by atoms with Crippen LogP contribution in [-0.4, -0.2) is 33.0 Å². The van der Waals surface area contributed by atoms with Crippen LogP contribution in [0.5, 0.6) is 0 Å². The van der Waals surface area contributed by atoms with Gasteiger partial charge >= 0.3 is 11.8 Å². The largest absolute Gasteiger partial charge is 0.347 e. The number of anilines is 1. The Hall–Kier alpha value is -3.59. The second kappa shape index (κ2) is 8.19. The molecule has 0 bridgehead atoms. The quantitative estimate of drug-likeness (QED) is 0.496. The Morgan fingerprint density at radius 2 is 1.90 bits per heavy atom. The first-order valence-corrected chi connectivity index (χ1v) is 9.71. The van der Waals surface area contributed by atoms with Crippen molar-refractivity contribution in [1.29, 1.82) is 0 Å². The maximum Gasteiger partial charge on any atom is 0.313 e. The van der Waals surface area contributed by atoms with Crippen LogP contribution in [0.2, 0.25) is 0 Å². The number of fused-ring (bicyclic) bond motifs is 1. The first kappa shape index (κ1) is 18.8. The van der Waals surface area contributed by atoms with Crippen LogP contribution < -0.4 is 10.6 Å². The maximum atomic E-state index is 13.4. The van der Waals surface area contributed by atoms with Gasteiger partial charge < -0.3 is 10.6 Å². The number of thiazole rings is 1. The summed E-state index contributed by atoms with van der Waals surface area (Å²) in [5, 5.41) is 11.4. The lowest BCUT2D eigenvalue weighted by atomic mass is 10.2. The smallest absolute Gasteiger partial charge is 0.313 e. The van der Waals surface area contributed by atoms with Gasteiger partial charge in [0.25, 0.3) is 0 Å². The number of hydrogen-bond acceptors (Lipinski definition) is 5. The number of amides is 2. The Balaban J connectivity index is 1.37. The molecule has 0 aliphatic carbocycles. The first-order chi connectivity index (χ1) is 14.1. The molecule has 29 heavy (non-hydrogen) atoms. The highest BCUT2D eigenvalue weighted by molar-refractivity contribution is 7.15. The molecule has 0 radical (unpaired) electrons. The summed E-state index contributed by atoms with van der Waals surface area (Å²) in [6, 6.07) is 14.9. The summed E-state index contributed by atoms with van der Waals surface area (Å²) in [7, 11) is 0. The molecule has 0 fully saturated rings. The van der Waals surface area contributed by atoms with Gasteiger partial charge in [-0.05, 0) is 24.3 Å². The van der Waals surface area contributed by atoms with Crippen LogP contribution in [0.15, 0.2) is 60.0 Å². The average molecular weight is 409 g/mol. The molecule has 0 atom stereocenters. The molecule has 2 amide bonds. The van der Waals surface area contributed by atoms with Gasteiger partial charge in [0.15, 0.2) is 5.82 Å². The van der Waals surface area contributed by atoms with E-state index in [2.05, 4.69) is 20.7 Å². The fourth-order valence-electron chi connectivity index (χ4n) is 2.74. The molecule has 0 saturated heterocycles. The monoisotopic (exact) mass is 409 g/mol. The lowest BCUT2D eigenvalue weighted by Gasteiger charge is -2.06. The van der Waals surface area contributed by atoms with E-state index in [1.807, 2.05) is 11.4 Å². The molecule has 4 rings (SSSR count). The molecule has 0 unspecified atom stereocenters. The van der Waals surface area contributed by atoms with Crippen LogP contribution in [0.3, 0.4) is 0 Å². The molecule has 0 aliphatic rings. The third-order valence-corrected chi connectivity index (χ3v) is 5.00. The second-order valence-corrected chi connectivity index (χ2v) is 7.03. The van der Waals surface area contributed by atoms with Gasteiger partial charge in [0.1, 0.15) is 5.82 Å². The van der Waals surface area contributed by atoms with Crippen LogP contribution in [-0.2, 0) is 16.0 Å². The molecule has 2 N–H and O–H groups in total. The Kier molecular flexibility index (Phi) is 5.30. The number of hydrogen-bond donors (Lipinski definition) is 2. The molecule has 0 spiro atoms. The molecular weight excluding hydrogens is 393 g/mol. The van der Waals surface area contributed by atoms with E-state index < -0.39 is 11.8 Å². The zero-order valence-electron chi connectivity index (χ0n) is 15.1. The minimum atomic E-state index is -0.721. The van der Waals surface area contributed by atoms with Crippen LogP contribution in [0, 0.1) is 5.82 Å². The molecule has 2 heterocycles. The molecule has 7 nitrogen and oxygen atoms in total. The molecule has 0 aliphatic heterocycles. The highest BCUT2D eigenvalue weighted by Crippen LogP contribution is 2.21. The van der Waals surface area contributed by atoms with E-state index in [0.717, 1.165) is 5.69 Å². The SMILES string of the molecule is O=C(NCCc1csc2nc(-c3cccc(F)c3)nn12)C(=O)Nc1ccccc1. The van der Waals surface area contributed by atoms with Crippen LogP contribution in [0.4, 0.5) is 10.1 Å². The molecule has 2 aromatic carbocycles. The Labute approximate surface area is 169 Å². The van der Waals surface area contributed by atoms with Crippen molar-refractivity contribution in [3.8, 4) is 11.4 Å². The third-order valence-electron chi connectivity index (χ3n) is 4.14. The molecule has 0 saturated carbocycles. The summed E-state index contributed by atoms with van der Waals surface area (Å²) in [5.41, 5.74) is 1.99. The number of halogens is 1. The summed E-state index contributed by atoms with van der Waals surface area (Å²) in [4.78, 5) is 29.0. The fraction of sp³-hybridized carbons (Fsp3) is 0.100. The average Bonchev–Trinajstić information content (AvgIpc) is 3.30. The first-order valence-electron chi connectivity index (χ1n) is 8.83. The number of nitrogens with zero attached hydrogens (tertiary/aromatic N) is 3. The van der Waals surface area contributed by atoms with Gasteiger partial charge in [-0.15, -0.1) is 16.4 Å². The molecule has 146 valence electrons. The maximum absolute atomic E-state index is 13.4. The second-order valence-electron chi connectivity index (χ2n) is 6.19. The molecule has 4 aromatic rings. The zero-order valence-corrected chi connectivity index (χ0v) is 15.9. The Morgan fingerprint density at radius 3 is 2.69 bits per heavy atom. The summed E-state index contributed by atoms with van der Waals surface area (Å²) in [6.45, 7) is 0.266. The van der Waals surface area contributed by atoms with Gasteiger partial charge in [-0.25, -0.2) is 8.91 Å². The minimum Gasteiger partial charge on any atom is -0.347 e. The van der Waals surface area contributed by atoms with Crippen molar-refractivity contribution in [2.75, 3.05) is 11.9 Å². The Bertz CT molecular complexity index is 1170.